The molecule has 2 N–H and O–H groups in total. The van der Waals surface area contributed by atoms with Gasteiger partial charge in [0, 0.05) is 6.07 Å². The van der Waals surface area contributed by atoms with Gasteiger partial charge in [0.15, 0.2) is 0 Å². The Morgan fingerprint density at radius 2 is 2.27 bits per heavy atom. The molecule has 15 heavy (non-hydrogen) atoms. The zero-order chi connectivity index (χ0) is 10.8. The second-order valence-corrected chi connectivity index (χ2v) is 2.70. The third-order valence-electron chi connectivity index (χ3n) is 1.75. The van der Waals surface area contributed by atoms with E-state index in [2.05, 4.69) is 9.97 Å². The summed E-state index contributed by atoms with van der Waals surface area (Å²) in [4.78, 5) is 17.5. The van der Waals surface area contributed by atoms with Gasteiger partial charge in [-0.15, -0.1) is 0 Å². The van der Waals surface area contributed by atoms with Crippen molar-refractivity contribution in [3.8, 4) is 11.6 Å². The maximum atomic E-state index is 10.5. The Morgan fingerprint density at radius 1 is 1.47 bits per heavy atom. The largest absolute Gasteiger partial charge is 0.443 e. The van der Waals surface area contributed by atoms with Crippen molar-refractivity contribution in [3.05, 3.63) is 34.7 Å². The molecule has 0 unspecified atom stereocenters. The van der Waals surface area contributed by atoms with Crippen molar-refractivity contribution in [2.75, 3.05) is 5.73 Å². The molecule has 0 aliphatic rings. The van der Waals surface area contributed by atoms with E-state index < -0.39 is 4.92 Å². The third-order valence-corrected chi connectivity index (χ3v) is 1.75. The minimum Gasteiger partial charge on any atom is -0.443 e. The standard InChI is InChI=1S/C8H6N4O3/c9-7-6(12(13)14)2-1-5(11-7)8-10-3-4-15-8/h1-4H,(H2,9,11). The quantitative estimate of drug-likeness (QED) is 0.584. The van der Waals surface area contributed by atoms with Crippen LogP contribution >= 0.6 is 0 Å². The molecule has 0 aromatic carbocycles. The average Bonchev–Trinajstić information content (AvgIpc) is 2.69. The van der Waals surface area contributed by atoms with Crippen molar-refractivity contribution in [1.29, 1.82) is 0 Å². The van der Waals surface area contributed by atoms with Crippen molar-refractivity contribution >= 4 is 11.5 Å². The van der Waals surface area contributed by atoms with Crippen LogP contribution in [0.25, 0.3) is 11.6 Å². The summed E-state index contributed by atoms with van der Waals surface area (Å²) in [6.07, 6.45) is 2.84. The van der Waals surface area contributed by atoms with Gasteiger partial charge in [-0.05, 0) is 6.07 Å². The fourth-order valence-electron chi connectivity index (χ4n) is 1.09. The number of hydrogen-bond acceptors (Lipinski definition) is 6. The van der Waals surface area contributed by atoms with Gasteiger partial charge in [0.05, 0.1) is 11.1 Å². The van der Waals surface area contributed by atoms with E-state index in [4.69, 9.17) is 10.2 Å². The van der Waals surface area contributed by atoms with Crippen LogP contribution in [0.3, 0.4) is 0 Å². The first-order valence-corrected chi connectivity index (χ1v) is 3.99. The molecule has 0 saturated carbocycles. The minimum atomic E-state index is -0.596. The van der Waals surface area contributed by atoms with E-state index in [-0.39, 0.29) is 17.4 Å². The van der Waals surface area contributed by atoms with Gasteiger partial charge in [-0.3, -0.25) is 10.1 Å². The number of anilines is 1. The van der Waals surface area contributed by atoms with Crippen molar-refractivity contribution in [3.63, 3.8) is 0 Å². The summed E-state index contributed by atoms with van der Waals surface area (Å²) in [6, 6.07) is 2.70. The van der Waals surface area contributed by atoms with E-state index in [1.807, 2.05) is 0 Å². The monoisotopic (exact) mass is 206 g/mol. The number of pyridine rings is 1. The lowest BCUT2D eigenvalue weighted by Crippen LogP contribution is -1.99. The third kappa shape index (κ3) is 1.62. The summed E-state index contributed by atoms with van der Waals surface area (Å²) in [5.74, 6) is 0.118. The van der Waals surface area contributed by atoms with Gasteiger partial charge in [0.1, 0.15) is 12.0 Å². The molecule has 2 heterocycles. The smallest absolute Gasteiger partial charge is 0.311 e. The summed E-state index contributed by atoms with van der Waals surface area (Å²) < 4.78 is 4.98. The van der Waals surface area contributed by atoms with Crippen LogP contribution < -0.4 is 5.73 Å². The molecule has 7 heteroatoms. The average molecular weight is 206 g/mol. The Morgan fingerprint density at radius 3 is 2.80 bits per heavy atom. The number of aromatic nitrogens is 2. The van der Waals surface area contributed by atoms with Crippen molar-refractivity contribution in [2.45, 2.75) is 0 Å². The predicted octanol–water partition coefficient (Wildman–Crippen LogP) is 1.23. The molecule has 0 radical (unpaired) electrons. The number of nitrogen functional groups attached to an aromatic ring is 1. The predicted molar refractivity (Wildman–Crippen MR) is 50.8 cm³/mol. The molecular weight excluding hydrogens is 200 g/mol. The van der Waals surface area contributed by atoms with Gasteiger partial charge >= 0.3 is 5.69 Å². The lowest BCUT2D eigenvalue weighted by atomic mass is 10.3. The van der Waals surface area contributed by atoms with E-state index in [1.165, 1.54) is 24.6 Å². The number of oxazole rings is 1. The van der Waals surface area contributed by atoms with Gasteiger partial charge in [-0.25, -0.2) is 9.97 Å². The van der Waals surface area contributed by atoms with E-state index in [9.17, 15) is 10.1 Å². The molecule has 0 bridgehead atoms. The summed E-state index contributed by atoms with van der Waals surface area (Å²) in [7, 11) is 0. The van der Waals surface area contributed by atoms with Crippen LogP contribution in [0, 0.1) is 10.1 Å². The van der Waals surface area contributed by atoms with E-state index in [0.717, 1.165) is 0 Å². The minimum absolute atomic E-state index is 0.157. The number of nitro groups is 1. The van der Waals surface area contributed by atoms with Crippen LogP contribution in [0.15, 0.2) is 29.0 Å². The second kappa shape index (κ2) is 3.37. The molecular formula is C8H6N4O3. The van der Waals surface area contributed by atoms with E-state index >= 15 is 0 Å². The van der Waals surface area contributed by atoms with Gasteiger partial charge in [0.25, 0.3) is 0 Å². The molecule has 0 aliphatic heterocycles. The Bertz CT molecular complexity index is 495. The summed E-state index contributed by atoms with van der Waals surface area (Å²) in [5, 5.41) is 10.5. The van der Waals surface area contributed by atoms with E-state index in [1.54, 1.807) is 0 Å². The fourth-order valence-corrected chi connectivity index (χ4v) is 1.09. The molecule has 0 atom stereocenters. The summed E-state index contributed by atoms with van der Waals surface area (Å²) in [6.45, 7) is 0. The van der Waals surface area contributed by atoms with Crippen LogP contribution in [0.4, 0.5) is 11.5 Å². The van der Waals surface area contributed by atoms with Crippen LogP contribution in [-0.4, -0.2) is 14.9 Å². The molecule has 7 nitrogen and oxygen atoms in total. The molecule has 0 aliphatic carbocycles. The SMILES string of the molecule is Nc1nc(-c2ncco2)ccc1[N+](=O)[O-]. The first-order chi connectivity index (χ1) is 7.18. The molecule has 2 rings (SSSR count). The normalized spacial score (nSPS) is 10.1. The fraction of sp³-hybridized carbons (Fsp3) is 0. The number of hydrogen-bond donors (Lipinski definition) is 1. The maximum absolute atomic E-state index is 10.5. The number of rotatable bonds is 2. The highest BCUT2D eigenvalue weighted by molar-refractivity contribution is 5.59. The molecule has 2 aromatic rings. The molecule has 0 fully saturated rings. The highest BCUT2D eigenvalue weighted by Gasteiger charge is 2.14. The molecule has 0 saturated heterocycles. The van der Waals surface area contributed by atoms with Crippen molar-refractivity contribution < 1.29 is 9.34 Å². The lowest BCUT2D eigenvalue weighted by Gasteiger charge is -1.97. The van der Waals surface area contributed by atoms with Gasteiger partial charge in [-0.1, -0.05) is 0 Å². The van der Waals surface area contributed by atoms with Crippen molar-refractivity contribution in [1.82, 2.24) is 9.97 Å². The zero-order valence-corrected chi connectivity index (χ0v) is 7.45. The first kappa shape index (κ1) is 9.13. The Balaban J connectivity index is 2.47. The van der Waals surface area contributed by atoms with Crippen molar-refractivity contribution in [2.24, 2.45) is 0 Å². The lowest BCUT2D eigenvalue weighted by molar-refractivity contribution is -0.384. The maximum Gasteiger partial charge on any atom is 0.311 e. The van der Waals surface area contributed by atoms with E-state index in [0.29, 0.717) is 5.69 Å². The van der Waals surface area contributed by atoms with Crippen LogP contribution in [-0.2, 0) is 0 Å². The zero-order valence-electron chi connectivity index (χ0n) is 7.45. The summed E-state index contributed by atoms with van der Waals surface area (Å²) in [5.41, 5.74) is 5.54. The van der Waals surface area contributed by atoms with Gasteiger partial charge in [-0.2, -0.15) is 0 Å². The second-order valence-electron chi connectivity index (χ2n) is 2.70. The van der Waals surface area contributed by atoms with Crippen LogP contribution in [0.1, 0.15) is 0 Å². The first-order valence-electron chi connectivity index (χ1n) is 3.99. The van der Waals surface area contributed by atoms with Crippen LogP contribution in [0.5, 0.6) is 0 Å². The highest BCUT2D eigenvalue weighted by Crippen LogP contribution is 2.23. The molecule has 2 aromatic heterocycles. The van der Waals surface area contributed by atoms with Crippen LogP contribution in [0.2, 0.25) is 0 Å². The van der Waals surface area contributed by atoms with Gasteiger partial charge in [0.2, 0.25) is 11.7 Å². The molecule has 0 spiro atoms. The molecule has 76 valence electrons. The molecule has 0 amide bonds. The number of nitrogens with zero attached hydrogens (tertiary/aromatic N) is 3. The number of nitrogens with two attached hydrogens (primary N) is 1. The Hall–Kier alpha value is -2.44. The summed E-state index contributed by atoms with van der Waals surface area (Å²) >= 11 is 0. The topological polar surface area (TPSA) is 108 Å². The Labute approximate surface area is 83.7 Å². The van der Waals surface area contributed by atoms with Gasteiger partial charge < -0.3 is 10.2 Å². The highest BCUT2D eigenvalue weighted by atomic mass is 16.6. The Kier molecular flexibility index (Phi) is 2.05.